The van der Waals surface area contributed by atoms with Crippen LogP contribution in [0.3, 0.4) is 0 Å². The third-order valence-electron chi connectivity index (χ3n) is 8.93. The molecule has 0 unspecified atom stereocenters. The number of carbonyl (C=O) groups excluding carboxylic acids is 1. The highest BCUT2D eigenvalue weighted by Gasteiger charge is 2.41. The number of nitrogens with zero attached hydrogens (tertiary/aromatic N) is 2. The number of rotatable bonds is 9. The summed E-state index contributed by atoms with van der Waals surface area (Å²) in [7, 11) is 0. The molecule has 3 aliphatic heterocycles. The fourth-order valence-electron chi connectivity index (χ4n) is 6.93. The molecular formula is C30H48N4O3. The van der Waals surface area contributed by atoms with E-state index in [1.807, 2.05) is 12.1 Å². The number of amides is 1. The Labute approximate surface area is 223 Å². The first-order chi connectivity index (χ1) is 18.2. The predicted octanol–water partition coefficient (Wildman–Crippen LogP) is 4.09. The van der Waals surface area contributed by atoms with Crippen LogP contribution in [0.1, 0.15) is 83.1 Å². The maximum absolute atomic E-state index is 13.5. The van der Waals surface area contributed by atoms with Crippen molar-refractivity contribution in [2.75, 3.05) is 39.5 Å². The summed E-state index contributed by atoms with van der Waals surface area (Å²) in [5.74, 6) is 1.82. The predicted molar refractivity (Wildman–Crippen MR) is 147 cm³/mol. The summed E-state index contributed by atoms with van der Waals surface area (Å²) >= 11 is 0. The summed E-state index contributed by atoms with van der Waals surface area (Å²) in [6.07, 6.45) is 14.7. The van der Waals surface area contributed by atoms with E-state index in [1.54, 1.807) is 0 Å². The van der Waals surface area contributed by atoms with E-state index in [-0.39, 0.29) is 11.9 Å². The molecule has 1 aromatic rings. The lowest BCUT2D eigenvalue weighted by molar-refractivity contribution is -0.126. The highest BCUT2D eigenvalue weighted by Crippen LogP contribution is 2.32. The van der Waals surface area contributed by atoms with E-state index in [0.29, 0.717) is 31.5 Å². The van der Waals surface area contributed by atoms with Crippen molar-refractivity contribution in [3.05, 3.63) is 23.8 Å². The van der Waals surface area contributed by atoms with Gasteiger partial charge in [0.2, 0.25) is 12.7 Å². The lowest BCUT2D eigenvalue weighted by Crippen LogP contribution is -2.51. The molecule has 0 spiro atoms. The van der Waals surface area contributed by atoms with Gasteiger partial charge in [-0.3, -0.25) is 9.69 Å². The minimum absolute atomic E-state index is 0.0227. The molecule has 4 aliphatic rings. The van der Waals surface area contributed by atoms with Gasteiger partial charge in [-0.05, 0) is 82.3 Å². The Morgan fingerprint density at radius 2 is 1.73 bits per heavy atom. The molecule has 2 saturated heterocycles. The summed E-state index contributed by atoms with van der Waals surface area (Å²) in [4.78, 5) is 18.7. The summed E-state index contributed by atoms with van der Waals surface area (Å²) in [5.41, 5.74) is 1.17. The quantitative estimate of drug-likeness (QED) is 0.520. The average Bonchev–Trinajstić information content (AvgIpc) is 3.53. The molecule has 5 rings (SSSR count). The van der Waals surface area contributed by atoms with Crippen LogP contribution in [0.25, 0.3) is 0 Å². The number of fused-ring (bicyclic) bond motifs is 1. The van der Waals surface area contributed by atoms with Crippen LogP contribution in [0.15, 0.2) is 18.2 Å². The molecule has 1 aromatic carbocycles. The summed E-state index contributed by atoms with van der Waals surface area (Å²) in [6.45, 7) is 7.74. The van der Waals surface area contributed by atoms with Gasteiger partial charge >= 0.3 is 0 Å². The standard InChI is InChI=1S/C30H48N4O3/c1-2-16-33-17-13-26(14-18-33)34-21-25(32-24-8-6-4-3-5-7-9-24)20-27(34)30(35)31-15-12-23-10-11-28-29(19-23)37-22-36-28/h10-11,19,24-27,32H,2-9,12-18,20-22H2,1H3,(H,31,35)/t25-,27-/m0/s1. The number of benzene rings is 1. The number of piperidine rings is 1. The van der Waals surface area contributed by atoms with E-state index in [4.69, 9.17) is 9.47 Å². The van der Waals surface area contributed by atoms with Crippen molar-refractivity contribution in [3.63, 3.8) is 0 Å². The van der Waals surface area contributed by atoms with Gasteiger partial charge in [-0.15, -0.1) is 0 Å². The second kappa shape index (κ2) is 13.3. The van der Waals surface area contributed by atoms with Gasteiger partial charge in [-0.1, -0.05) is 45.1 Å². The largest absolute Gasteiger partial charge is 0.454 e. The summed E-state index contributed by atoms with van der Waals surface area (Å²) < 4.78 is 10.9. The first-order valence-electron chi connectivity index (χ1n) is 15.1. The van der Waals surface area contributed by atoms with Crippen molar-refractivity contribution < 1.29 is 14.3 Å². The highest BCUT2D eigenvalue weighted by molar-refractivity contribution is 5.82. The highest BCUT2D eigenvalue weighted by atomic mass is 16.7. The number of ether oxygens (including phenoxy) is 2. The molecule has 1 aliphatic carbocycles. The molecule has 7 heteroatoms. The molecule has 3 heterocycles. The van der Waals surface area contributed by atoms with Gasteiger partial charge in [0.1, 0.15) is 0 Å². The number of hydrogen-bond acceptors (Lipinski definition) is 6. The zero-order valence-electron chi connectivity index (χ0n) is 22.9. The van der Waals surface area contributed by atoms with Crippen LogP contribution in [0.4, 0.5) is 0 Å². The monoisotopic (exact) mass is 512 g/mol. The first kappa shape index (κ1) is 26.8. The van der Waals surface area contributed by atoms with Gasteiger partial charge in [0, 0.05) is 31.2 Å². The lowest BCUT2D eigenvalue weighted by atomic mass is 9.96. The normalized spacial score (nSPS) is 26.2. The van der Waals surface area contributed by atoms with Gasteiger partial charge in [-0.2, -0.15) is 0 Å². The van der Waals surface area contributed by atoms with Crippen molar-refractivity contribution in [3.8, 4) is 11.5 Å². The Balaban J connectivity index is 1.18. The van der Waals surface area contributed by atoms with E-state index >= 15 is 0 Å². The molecule has 0 aromatic heterocycles. The minimum atomic E-state index is -0.0227. The van der Waals surface area contributed by atoms with Gasteiger partial charge in [0.05, 0.1) is 6.04 Å². The molecule has 37 heavy (non-hydrogen) atoms. The Hall–Kier alpha value is -1.83. The van der Waals surface area contributed by atoms with Crippen LogP contribution in [-0.2, 0) is 11.2 Å². The van der Waals surface area contributed by atoms with E-state index in [0.717, 1.165) is 44.0 Å². The fraction of sp³-hybridized carbons (Fsp3) is 0.767. The van der Waals surface area contributed by atoms with E-state index in [9.17, 15) is 4.79 Å². The summed E-state index contributed by atoms with van der Waals surface area (Å²) in [6, 6.07) is 7.60. The second-order valence-corrected chi connectivity index (χ2v) is 11.7. The van der Waals surface area contributed by atoms with Gasteiger partial charge < -0.3 is 25.0 Å². The molecule has 3 fully saturated rings. The lowest BCUT2D eigenvalue weighted by Gasteiger charge is -2.39. The van der Waals surface area contributed by atoms with E-state index < -0.39 is 0 Å². The van der Waals surface area contributed by atoms with Crippen molar-refractivity contribution in [1.82, 2.24) is 20.4 Å². The fourth-order valence-corrected chi connectivity index (χ4v) is 6.93. The van der Waals surface area contributed by atoms with Crippen molar-refractivity contribution in [2.24, 2.45) is 0 Å². The van der Waals surface area contributed by atoms with E-state index in [2.05, 4.69) is 33.4 Å². The van der Waals surface area contributed by atoms with Crippen molar-refractivity contribution in [2.45, 2.75) is 108 Å². The Morgan fingerprint density at radius 3 is 2.51 bits per heavy atom. The molecule has 1 saturated carbocycles. The maximum atomic E-state index is 13.5. The Bertz CT molecular complexity index is 864. The second-order valence-electron chi connectivity index (χ2n) is 11.7. The van der Waals surface area contributed by atoms with E-state index in [1.165, 1.54) is 76.3 Å². The number of nitrogens with one attached hydrogen (secondary N) is 2. The maximum Gasteiger partial charge on any atom is 0.237 e. The number of hydrogen-bond donors (Lipinski definition) is 2. The molecule has 2 N–H and O–H groups in total. The zero-order chi connectivity index (χ0) is 25.5. The molecular weight excluding hydrogens is 464 g/mol. The van der Waals surface area contributed by atoms with Crippen LogP contribution in [0.2, 0.25) is 0 Å². The topological polar surface area (TPSA) is 66.1 Å². The van der Waals surface area contributed by atoms with Crippen LogP contribution < -0.4 is 20.1 Å². The van der Waals surface area contributed by atoms with Crippen LogP contribution in [-0.4, -0.2) is 79.4 Å². The smallest absolute Gasteiger partial charge is 0.237 e. The number of likely N-dealkylation sites (tertiary alicyclic amines) is 2. The molecule has 0 radical (unpaired) electrons. The third kappa shape index (κ3) is 7.18. The van der Waals surface area contributed by atoms with Crippen molar-refractivity contribution >= 4 is 5.91 Å². The Kier molecular flexibility index (Phi) is 9.62. The van der Waals surface area contributed by atoms with Gasteiger partial charge in [-0.25, -0.2) is 0 Å². The number of carbonyl (C=O) groups is 1. The molecule has 2 atom stereocenters. The third-order valence-corrected chi connectivity index (χ3v) is 8.93. The SMILES string of the molecule is CCCN1CCC(N2C[C@@H](NC3CCCCCCC3)C[C@H]2C(=O)NCCc2ccc3c(c2)OCO3)CC1. The van der Waals surface area contributed by atoms with Crippen LogP contribution >= 0.6 is 0 Å². The molecule has 206 valence electrons. The zero-order valence-corrected chi connectivity index (χ0v) is 22.9. The summed E-state index contributed by atoms with van der Waals surface area (Å²) in [5, 5.41) is 7.31. The minimum Gasteiger partial charge on any atom is -0.454 e. The molecule has 1 amide bonds. The average molecular weight is 513 g/mol. The first-order valence-corrected chi connectivity index (χ1v) is 15.1. The molecule has 0 bridgehead atoms. The van der Waals surface area contributed by atoms with Crippen LogP contribution in [0.5, 0.6) is 11.5 Å². The van der Waals surface area contributed by atoms with Gasteiger partial charge in [0.25, 0.3) is 0 Å². The molecule has 7 nitrogen and oxygen atoms in total. The van der Waals surface area contributed by atoms with Gasteiger partial charge in [0.15, 0.2) is 11.5 Å². The van der Waals surface area contributed by atoms with Crippen LogP contribution in [0, 0.1) is 0 Å². The Morgan fingerprint density at radius 1 is 0.973 bits per heavy atom. The van der Waals surface area contributed by atoms with Crippen molar-refractivity contribution in [1.29, 1.82) is 0 Å².